The van der Waals surface area contributed by atoms with Gasteiger partial charge in [-0.1, -0.05) is 36.1 Å². The molecule has 1 aliphatic heterocycles. The van der Waals surface area contributed by atoms with Gasteiger partial charge in [-0.2, -0.15) is 0 Å². The molecule has 0 aromatic heterocycles. The highest BCUT2D eigenvalue weighted by molar-refractivity contribution is 8.26. The Bertz CT molecular complexity index is 945. The van der Waals surface area contributed by atoms with Crippen LogP contribution in [-0.2, 0) is 4.79 Å². The number of rotatable bonds is 10. The molecule has 3 rings (SSSR count). The van der Waals surface area contributed by atoms with Crippen molar-refractivity contribution in [3.05, 3.63) is 52.9 Å². The van der Waals surface area contributed by atoms with Crippen LogP contribution in [0.25, 0.3) is 6.08 Å². The summed E-state index contributed by atoms with van der Waals surface area (Å²) in [7, 11) is 1.63. The van der Waals surface area contributed by atoms with Gasteiger partial charge in [0, 0.05) is 12.5 Å². The maximum absolute atomic E-state index is 11.8. The Labute approximate surface area is 185 Å². The molecule has 30 heavy (non-hydrogen) atoms. The van der Waals surface area contributed by atoms with Crippen LogP contribution in [0.5, 0.6) is 23.0 Å². The van der Waals surface area contributed by atoms with Gasteiger partial charge in [0.25, 0.3) is 5.91 Å². The molecule has 0 unspecified atom stereocenters. The quantitative estimate of drug-likeness (QED) is 0.330. The van der Waals surface area contributed by atoms with Crippen molar-refractivity contribution in [2.24, 2.45) is 0 Å². The van der Waals surface area contributed by atoms with Crippen LogP contribution in [0.4, 0.5) is 0 Å². The van der Waals surface area contributed by atoms with E-state index in [9.17, 15) is 4.79 Å². The van der Waals surface area contributed by atoms with Crippen LogP contribution >= 0.6 is 24.0 Å². The van der Waals surface area contributed by atoms with Crippen molar-refractivity contribution in [2.75, 3.05) is 26.9 Å². The molecule has 1 N–H and O–H groups in total. The van der Waals surface area contributed by atoms with Crippen molar-refractivity contribution < 1.29 is 23.7 Å². The van der Waals surface area contributed by atoms with E-state index in [-0.39, 0.29) is 5.91 Å². The monoisotopic (exact) mass is 445 g/mol. The van der Waals surface area contributed by atoms with Crippen molar-refractivity contribution >= 4 is 40.3 Å². The normalized spacial score (nSPS) is 14.5. The second kappa shape index (κ2) is 10.9. The number of thiocarbonyl (C=S) groups is 1. The highest BCUT2D eigenvalue weighted by Crippen LogP contribution is 2.32. The van der Waals surface area contributed by atoms with Gasteiger partial charge in [0.1, 0.15) is 15.8 Å². The first-order valence-electron chi connectivity index (χ1n) is 9.50. The van der Waals surface area contributed by atoms with E-state index in [0.29, 0.717) is 47.0 Å². The highest BCUT2D eigenvalue weighted by Gasteiger charge is 2.22. The Balaban J connectivity index is 1.55. The molecule has 0 spiro atoms. The number of hydrogen-bond acceptors (Lipinski definition) is 7. The van der Waals surface area contributed by atoms with Gasteiger partial charge >= 0.3 is 0 Å². The summed E-state index contributed by atoms with van der Waals surface area (Å²) in [6.07, 6.45) is 2.50. The summed E-state index contributed by atoms with van der Waals surface area (Å²) in [5.74, 6) is 2.62. The van der Waals surface area contributed by atoms with Crippen LogP contribution in [0, 0.1) is 0 Å². The molecule has 1 fully saturated rings. The lowest BCUT2D eigenvalue weighted by atomic mass is 10.2. The molecule has 0 atom stereocenters. The third-order valence-electron chi connectivity index (χ3n) is 4.06. The van der Waals surface area contributed by atoms with Gasteiger partial charge in [0.15, 0.2) is 11.5 Å². The van der Waals surface area contributed by atoms with E-state index in [4.69, 9.17) is 31.2 Å². The standard InChI is InChI=1S/C22H23NO5S2/c1-3-26-19-12-15(13-20-21(24)23-22(29)30-20)8-9-18(19)28-11-5-10-27-17-7-4-6-16(14-17)25-2/h4,6-9,12-14H,3,5,10-11H2,1-2H3,(H,23,24,29)/b20-13+. The number of ether oxygens (including phenoxy) is 4. The largest absolute Gasteiger partial charge is 0.497 e. The number of hydrogen-bond donors (Lipinski definition) is 1. The first kappa shape index (κ1) is 22.0. The van der Waals surface area contributed by atoms with Crippen molar-refractivity contribution in [3.8, 4) is 23.0 Å². The summed E-state index contributed by atoms with van der Waals surface area (Å²) >= 11 is 6.27. The molecular weight excluding hydrogens is 422 g/mol. The summed E-state index contributed by atoms with van der Waals surface area (Å²) in [5.41, 5.74) is 0.842. The molecule has 0 saturated carbocycles. The van der Waals surface area contributed by atoms with E-state index in [0.717, 1.165) is 17.1 Å². The fourth-order valence-electron chi connectivity index (χ4n) is 2.70. The second-order valence-electron chi connectivity index (χ2n) is 6.22. The fourth-order valence-corrected chi connectivity index (χ4v) is 3.74. The highest BCUT2D eigenvalue weighted by atomic mass is 32.2. The minimum atomic E-state index is -0.181. The van der Waals surface area contributed by atoms with E-state index >= 15 is 0 Å². The zero-order valence-electron chi connectivity index (χ0n) is 16.8. The van der Waals surface area contributed by atoms with Gasteiger partial charge in [-0.25, -0.2) is 0 Å². The first-order valence-corrected chi connectivity index (χ1v) is 10.7. The molecule has 0 radical (unpaired) electrons. The molecule has 1 heterocycles. The minimum Gasteiger partial charge on any atom is -0.497 e. The zero-order valence-corrected chi connectivity index (χ0v) is 18.4. The second-order valence-corrected chi connectivity index (χ2v) is 7.94. The fraction of sp³-hybridized carbons (Fsp3) is 0.273. The summed E-state index contributed by atoms with van der Waals surface area (Å²) < 4.78 is 23.0. The Morgan fingerprint density at radius 2 is 1.83 bits per heavy atom. The van der Waals surface area contributed by atoms with E-state index in [1.165, 1.54) is 11.8 Å². The minimum absolute atomic E-state index is 0.181. The Morgan fingerprint density at radius 1 is 1.03 bits per heavy atom. The van der Waals surface area contributed by atoms with Gasteiger partial charge < -0.3 is 24.3 Å². The van der Waals surface area contributed by atoms with Crippen LogP contribution in [0.15, 0.2) is 47.4 Å². The van der Waals surface area contributed by atoms with Crippen LogP contribution in [0.3, 0.4) is 0 Å². The van der Waals surface area contributed by atoms with Gasteiger partial charge in [-0.05, 0) is 42.8 Å². The van der Waals surface area contributed by atoms with Gasteiger partial charge in [-0.3, -0.25) is 4.79 Å². The Morgan fingerprint density at radius 3 is 2.57 bits per heavy atom. The predicted octanol–water partition coefficient (Wildman–Crippen LogP) is 4.43. The number of thioether (sulfide) groups is 1. The number of methoxy groups -OCH3 is 1. The SMILES string of the molecule is CCOc1cc(/C=C2/SC(=S)NC2=O)ccc1OCCCOc1cccc(OC)c1. The molecule has 8 heteroatoms. The van der Waals surface area contributed by atoms with E-state index < -0.39 is 0 Å². The van der Waals surface area contributed by atoms with Crippen molar-refractivity contribution in [2.45, 2.75) is 13.3 Å². The van der Waals surface area contributed by atoms with Gasteiger partial charge in [0.05, 0.1) is 31.8 Å². The maximum Gasteiger partial charge on any atom is 0.263 e. The van der Waals surface area contributed by atoms with Crippen LogP contribution in [-0.4, -0.2) is 37.2 Å². The third-order valence-corrected chi connectivity index (χ3v) is 5.23. The van der Waals surface area contributed by atoms with Crippen molar-refractivity contribution in [1.82, 2.24) is 5.32 Å². The molecule has 0 bridgehead atoms. The van der Waals surface area contributed by atoms with Crippen LogP contribution in [0.2, 0.25) is 0 Å². The average Bonchev–Trinajstić information content (AvgIpc) is 3.06. The van der Waals surface area contributed by atoms with Crippen LogP contribution < -0.4 is 24.3 Å². The average molecular weight is 446 g/mol. The number of amides is 1. The lowest BCUT2D eigenvalue weighted by Crippen LogP contribution is -2.17. The number of nitrogens with one attached hydrogen (secondary N) is 1. The van der Waals surface area contributed by atoms with Crippen LogP contribution in [0.1, 0.15) is 18.9 Å². The van der Waals surface area contributed by atoms with Gasteiger partial charge in [0.2, 0.25) is 0 Å². The van der Waals surface area contributed by atoms with E-state index in [1.807, 2.05) is 49.4 Å². The molecule has 0 aliphatic carbocycles. The lowest BCUT2D eigenvalue weighted by Gasteiger charge is -2.13. The summed E-state index contributed by atoms with van der Waals surface area (Å²) in [5, 5.41) is 2.61. The number of benzene rings is 2. The van der Waals surface area contributed by atoms with Gasteiger partial charge in [-0.15, -0.1) is 0 Å². The zero-order chi connectivity index (χ0) is 21.3. The first-order chi connectivity index (χ1) is 14.6. The lowest BCUT2D eigenvalue weighted by molar-refractivity contribution is -0.115. The van der Waals surface area contributed by atoms with E-state index in [1.54, 1.807) is 13.2 Å². The van der Waals surface area contributed by atoms with E-state index in [2.05, 4.69) is 5.32 Å². The molecule has 2 aromatic rings. The third kappa shape index (κ3) is 6.14. The summed E-state index contributed by atoms with van der Waals surface area (Å²) in [6.45, 7) is 3.43. The van der Waals surface area contributed by atoms with Crippen molar-refractivity contribution in [1.29, 1.82) is 0 Å². The Kier molecular flexibility index (Phi) is 7.98. The summed E-state index contributed by atoms with van der Waals surface area (Å²) in [6, 6.07) is 13.1. The smallest absolute Gasteiger partial charge is 0.263 e. The van der Waals surface area contributed by atoms with Crippen molar-refractivity contribution in [3.63, 3.8) is 0 Å². The molecular formula is C22H23NO5S2. The number of carbonyl (C=O) groups is 1. The molecule has 158 valence electrons. The molecule has 1 aliphatic rings. The molecule has 1 saturated heterocycles. The topological polar surface area (TPSA) is 66.0 Å². The molecule has 1 amide bonds. The summed E-state index contributed by atoms with van der Waals surface area (Å²) in [4.78, 5) is 12.4. The molecule has 6 nitrogen and oxygen atoms in total. The number of carbonyl (C=O) groups excluding carboxylic acids is 1. The maximum atomic E-state index is 11.8. The molecule has 2 aromatic carbocycles. The predicted molar refractivity (Wildman–Crippen MR) is 123 cm³/mol. The Hall–Kier alpha value is -2.71.